The third-order valence-electron chi connectivity index (χ3n) is 4.38. The van der Waals surface area contributed by atoms with Crippen molar-refractivity contribution in [2.45, 2.75) is 32.7 Å². The van der Waals surface area contributed by atoms with E-state index in [1.807, 2.05) is 24.3 Å². The van der Waals surface area contributed by atoms with Crippen molar-refractivity contribution in [1.82, 2.24) is 4.90 Å². The van der Waals surface area contributed by atoms with Gasteiger partial charge in [-0.2, -0.15) is 0 Å². The van der Waals surface area contributed by atoms with Crippen LogP contribution in [0.2, 0.25) is 0 Å². The van der Waals surface area contributed by atoms with E-state index in [4.69, 9.17) is 0 Å². The summed E-state index contributed by atoms with van der Waals surface area (Å²) in [6.45, 7) is 5.22. The molecular weight excluding hydrogens is 282 g/mol. The Bertz CT molecular complexity index is 649. The van der Waals surface area contributed by atoms with Gasteiger partial charge in [0.05, 0.1) is 0 Å². The van der Waals surface area contributed by atoms with Crippen molar-refractivity contribution >= 4 is 27.4 Å². The minimum absolute atomic E-state index is 0.508. The molecule has 0 amide bonds. The Morgan fingerprint density at radius 2 is 2.14 bits per heavy atom. The Hall–Kier alpha value is -1.39. The van der Waals surface area contributed by atoms with Crippen molar-refractivity contribution in [2.75, 3.05) is 13.1 Å². The molecule has 4 heteroatoms. The van der Waals surface area contributed by atoms with Crippen molar-refractivity contribution in [2.24, 2.45) is 5.92 Å². The van der Waals surface area contributed by atoms with Gasteiger partial charge in [0.2, 0.25) is 0 Å². The molecule has 0 aliphatic carbocycles. The van der Waals surface area contributed by atoms with E-state index in [0.29, 0.717) is 4.88 Å². The fraction of sp³-hybridized carbons (Fsp3) is 0.471. The fourth-order valence-electron chi connectivity index (χ4n) is 3.13. The second-order valence-corrected chi connectivity index (χ2v) is 7.08. The molecule has 1 aromatic carbocycles. The molecular formula is C17H21NO2S. The predicted molar refractivity (Wildman–Crippen MR) is 87.1 cm³/mol. The Morgan fingerprint density at radius 1 is 1.33 bits per heavy atom. The first-order chi connectivity index (χ1) is 10.1. The van der Waals surface area contributed by atoms with Crippen molar-refractivity contribution < 1.29 is 9.90 Å². The van der Waals surface area contributed by atoms with Crippen LogP contribution in [0.4, 0.5) is 0 Å². The summed E-state index contributed by atoms with van der Waals surface area (Å²) in [5.41, 5.74) is 0.998. The number of nitrogens with zero attached hydrogens (tertiary/aromatic N) is 1. The van der Waals surface area contributed by atoms with Crippen LogP contribution in [0.1, 0.15) is 41.4 Å². The van der Waals surface area contributed by atoms with Gasteiger partial charge in [0, 0.05) is 11.2 Å². The van der Waals surface area contributed by atoms with Crippen molar-refractivity contribution in [1.29, 1.82) is 0 Å². The van der Waals surface area contributed by atoms with Gasteiger partial charge in [-0.15, -0.1) is 11.3 Å². The van der Waals surface area contributed by atoms with Gasteiger partial charge in [-0.1, -0.05) is 25.1 Å². The summed E-state index contributed by atoms with van der Waals surface area (Å²) in [7, 11) is 0. The standard InChI is InChI=1S/C17H21NO2S/c1-12-5-4-9-18(10-8-12)11-14-13-6-2-3-7-15(13)21-16(14)17(19)20/h2-3,6-7,12H,4-5,8-11H2,1H3,(H,19,20). The molecule has 2 aromatic rings. The zero-order chi connectivity index (χ0) is 14.8. The third kappa shape index (κ3) is 3.11. The number of thiophene rings is 1. The lowest BCUT2D eigenvalue weighted by atomic mass is 10.0. The lowest BCUT2D eigenvalue weighted by Crippen LogP contribution is -2.25. The van der Waals surface area contributed by atoms with Gasteiger partial charge in [0.25, 0.3) is 0 Å². The molecule has 1 atom stereocenters. The molecule has 0 saturated carbocycles. The van der Waals surface area contributed by atoms with Gasteiger partial charge >= 0.3 is 5.97 Å². The number of fused-ring (bicyclic) bond motifs is 1. The van der Waals surface area contributed by atoms with E-state index in [-0.39, 0.29) is 0 Å². The quantitative estimate of drug-likeness (QED) is 0.923. The molecule has 1 unspecified atom stereocenters. The molecule has 1 aromatic heterocycles. The first kappa shape index (κ1) is 14.5. The Balaban J connectivity index is 1.91. The van der Waals surface area contributed by atoms with Crippen molar-refractivity contribution in [3.8, 4) is 0 Å². The number of hydrogen-bond acceptors (Lipinski definition) is 3. The molecule has 3 rings (SSSR count). The minimum Gasteiger partial charge on any atom is -0.477 e. The highest BCUT2D eigenvalue weighted by Crippen LogP contribution is 2.32. The lowest BCUT2D eigenvalue weighted by molar-refractivity contribution is 0.0700. The number of likely N-dealkylation sites (tertiary alicyclic amines) is 1. The van der Waals surface area contributed by atoms with E-state index in [1.54, 1.807) is 0 Å². The summed E-state index contributed by atoms with van der Waals surface area (Å²) in [4.78, 5) is 14.5. The minimum atomic E-state index is -0.797. The number of carboxylic acids is 1. The van der Waals surface area contributed by atoms with E-state index in [0.717, 1.165) is 41.2 Å². The molecule has 1 aliphatic rings. The topological polar surface area (TPSA) is 40.5 Å². The number of hydrogen-bond donors (Lipinski definition) is 1. The highest BCUT2D eigenvalue weighted by Gasteiger charge is 2.21. The largest absolute Gasteiger partial charge is 0.477 e. The Morgan fingerprint density at radius 3 is 2.95 bits per heavy atom. The fourth-order valence-corrected chi connectivity index (χ4v) is 4.19. The average molecular weight is 303 g/mol. The SMILES string of the molecule is CC1CCCN(Cc2c(C(=O)O)sc3ccccc23)CC1. The lowest BCUT2D eigenvalue weighted by Gasteiger charge is -2.20. The third-order valence-corrected chi connectivity index (χ3v) is 5.58. The smallest absolute Gasteiger partial charge is 0.346 e. The number of aromatic carboxylic acids is 1. The summed E-state index contributed by atoms with van der Waals surface area (Å²) in [6.07, 6.45) is 3.71. The van der Waals surface area contributed by atoms with E-state index in [2.05, 4.69) is 11.8 Å². The maximum absolute atomic E-state index is 11.5. The average Bonchev–Trinajstić information content (AvgIpc) is 2.70. The number of carboxylic acid groups (broad SMARTS) is 1. The maximum atomic E-state index is 11.5. The van der Waals surface area contributed by atoms with Crippen LogP contribution < -0.4 is 0 Å². The first-order valence-corrected chi connectivity index (χ1v) is 8.43. The van der Waals surface area contributed by atoms with E-state index >= 15 is 0 Å². The summed E-state index contributed by atoms with van der Waals surface area (Å²) < 4.78 is 1.08. The molecule has 1 fully saturated rings. The maximum Gasteiger partial charge on any atom is 0.346 e. The van der Waals surface area contributed by atoms with E-state index < -0.39 is 5.97 Å². The molecule has 2 heterocycles. The van der Waals surface area contributed by atoms with Crippen molar-refractivity contribution in [3.63, 3.8) is 0 Å². The molecule has 0 bridgehead atoms. The molecule has 1 aliphatic heterocycles. The van der Waals surface area contributed by atoms with E-state index in [1.165, 1.54) is 30.6 Å². The van der Waals surface area contributed by atoms with Crippen LogP contribution in [0.3, 0.4) is 0 Å². The molecule has 3 nitrogen and oxygen atoms in total. The van der Waals surface area contributed by atoms with Crippen molar-refractivity contribution in [3.05, 3.63) is 34.7 Å². The highest BCUT2D eigenvalue weighted by molar-refractivity contribution is 7.21. The Labute approximate surface area is 129 Å². The normalized spacial score (nSPS) is 20.5. The van der Waals surface area contributed by atoms with Crippen LogP contribution in [-0.2, 0) is 6.54 Å². The molecule has 21 heavy (non-hydrogen) atoms. The molecule has 1 saturated heterocycles. The van der Waals surface area contributed by atoms with Crippen LogP contribution in [-0.4, -0.2) is 29.1 Å². The van der Waals surface area contributed by atoms with Crippen LogP contribution in [0.5, 0.6) is 0 Å². The second-order valence-electron chi connectivity index (χ2n) is 6.02. The van der Waals surface area contributed by atoms with Crippen LogP contribution >= 0.6 is 11.3 Å². The van der Waals surface area contributed by atoms with Gasteiger partial charge in [0.15, 0.2) is 0 Å². The Kier molecular flexibility index (Phi) is 4.27. The van der Waals surface area contributed by atoms with Gasteiger partial charge < -0.3 is 5.11 Å². The number of carbonyl (C=O) groups is 1. The molecule has 0 spiro atoms. The summed E-state index contributed by atoms with van der Waals surface area (Å²) in [6, 6.07) is 8.03. The van der Waals surface area contributed by atoms with E-state index in [9.17, 15) is 9.90 Å². The van der Waals surface area contributed by atoms with Gasteiger partial charge in [0.1, 0.15) is 4.88 Å². The zero-order valence-corrected chi connectivity index (χ0v) is 13.2. The highest BCUT2D eigenvalue weighted by atomic mass is 32.1. The number of benzene rings is 1. The monoisotopic (exact) mass is 303 g/mol. The first-order valence-electron chi connectivity index (χ1n) is 7.61. The zero-order valence-electron chi connectivity index (χ0n) is 12.3. The number of rotatable bonds is 3. The predicted octanol–water partition coefficient (Wildman–Crippen LogP) is 4.22. The van der Waals surface area contributed by atoms with Crippen LogP contribution in [0.25, 0.3) is 10.1 Å². The van der Waals surface area contributed by atoms with Gasteiger partial charge in [-0.05, 0) is 55.3 Å². The van der Waals surface area contributed by atoms with Gasteiger partial charge in [-0.3, -0.25) is 4.90 Å². The van der Waals surface area contributed by atoms with Crippen LogP contribution in [0, 0.1) is 5.92 Å². The summed E-state index contributed by atoms with van der Waals surface area (Å²) >= 11 is 1.40. The van der Waals surface area contributed by atoms with Crippen LogP contribution in [0.15, 0.2) is 24.3 Å². The second kappa shape index (κ2) is 6.16. The van der Waals surface area contributed by atoms with Gasteiger partial charge in [-0.25, -0.2) is 4.79 Å². The summed E-state index contributed by atoms with van der Waals surface area (Å²) in [5, 5.41) is 10.6. The molecule has 1 N–H and O–H groups in total. The summed E-state index contributed by atoms with van der Waals surface area (Å²) in [5.74, 6) is -0.0115. The molecule has 0 radical (unpaired) electrons. The molecule has 112 valence electrons.